The molecule has 0 aliphatic heterocycles. The van der Waals surface area contributed by atoms with Crippen molar-refractivity contribution in [2.75, 3.05) is 7.11 Å². The third-order valence-corrected chi connectivity index (χ3v) is 4.87. The van der Waals surface area contributed by atoms with Crippen LogP contribution in [0.3, 0.4) is 0 Å². The van der Waals surface area contributed by atoms with E-state index in [4.69, 9.17) is 4.74 Å². The van der Waals surface area contributed by atoms with E-state index < -0.39 is 0 Å². The third kappa shape index (κ3) is 2.93. The van der Waals surface area contributed by atoms with Gasteiger partial charge in [0, 0.05) is 23.5 Å². The molecule has 29 heavy (non-hydrogen) atoms. The fourth-order valence-electron chi connectivity index (χ4n) is 3.41. The highest BCUT2D eigenvalue weighted by Crippen LogP contribution is 2.20. The summed E-state index contributed by atoms with van der Waals surface area (Å²) in [6.45, 7) is 0.406. The number of pyridine rings is 1. The van der Waals surface area contributed by atoms with Gasteiger partial charge in [0.2, 0.25) is 0 Å². The first kappa shape index (κ1) is 17.1. The zero-order valence-corrected chi connectivity index (χ0v) is 15.7. The summed E-state index contributed by atoms with van der Waals surface area (Å²) < 4.78 is 8.66. The van der Waals surface area contributed by atoms with Crippen LogP contribution in [0.1, 0.15) is 5.56 Å². The standard InChI is InChI=1S/C22H17N5O2/c1-29-19-10-6-5-9-16(19)14-26-12-11-18-17(21(26)28)13-23-22-24-20(25-27(18)22)15-7-3-2-4-8-15/h2-13H,14H2,1H3. The first-order valence-corrected chi connectivity index (χ1v) is 9.17. The van der Waals surface area contributed by atoms with Crippen LogP contribution in [0, 0.1) is 0 Å². The minimum Gasteiger partial charge on any atom is -0.496 e. The van der Waals surface area contributed by atoms with Gasteiger partial charge in [-0.3, -0.25) is 4.79 Å². The average Bonchev–Trinajstić information content (AvgIpc) is 3.21. The minimum absolute atomic E-state index is 0.139. The molecule has 5 aromatic rings. The Kier molecular flexibility index (Phi) is 4.05. The van der Waals surface area contributed by atoms with Crippen LogP contribution in [0.25, 0.3) is 28.1 Å². The first-order chi connectivity index (χ1) is 14.2. The largest absolute Gasteiger partial charge is 0.496 e. The SMILES string of the molecule is COc1ccccc1Cn1ccc2c(cnc3nc(-c4ccccc4)nn32)c1=O. The van der Waals surface area contributed by atoms with E-state index in [1.165, 1.54) is 0 Å². The molecule has 0 unspecified atom stereocenters. The summed E-state index contributed by atoms with van der Waals surface area (Å²) in [5, 5.41) is 5.05. The van der Waals surface area contributed by atoms with Crippen LogP contribution in [0.15, 0.2) is 77.9 Å². The van der Waals surface area contributed by atoms with E-state index >= 15 is 0 Å². The number of benzene rings is 2. The lowest BCUT2D eigenvalue weighted by Crippen LogP contribution is -2.21. The highest BCUT2D eigenvalue weighted by molar-refractivity contribution is 5.79. The van der Waals surface area contributed by atoms with Crippen molar-refractivity contribution in [2.45, 2.75) is 6.54 Å². The Morgan fingerprint density at radius 3 is 2.62 bits per heavy atom. The number of fused-ring (bicyclic) bond motifs is 3. The maximum Gasteiger partial charge on any atom is 0.261 e. The third-order valence-electron chi connectivity index (χ3n) is 4.87. The molecular weight excluding hydrogens is 366 g/mol. The summed E-state index contributed by atoms with van der Waals surface area (Å²) >= 11 is 0. The van der Waals surface area contributed by atoms with E-state index in [2.05, 4.69) is 15.1 Å². The molecule has 0 fully saturated rings. The van der Waals surface area contributed by atoms with E-state index in [1.54, 1.807) is 28.6 Å². The fraction of sp³-hybridized carbons (Fsp3) is 0.0909. The van der Waals surface area contributed by atoms with Crippen LogP contribution in [0.5, 0.6) is 5.75 Å². The molecule has 0 amide bonds. The highest BCUT2D eigenvalue weighted by Gasteiger charge is 2.13. The Morgan fingerprint density at radius 2 is 1.79 bits per heavy atom. The lowest BCUT2D eigenvalue weighted by atomic mass is 10.2. The number of methoxy groups -OCH3 is 1. The molecule has 7 nitrogen and oxygen atoms in total. The van der Waals surface area contributed by atoms with E-state index in [1.807, 2.05) is 60.7 Å². The number of rotatable bonds is 4. The molecule has 0 saturated carbocycles. The zero-order valence-electron chi connectivity index (χ0n) is 15.7. The van der Waals surface area contributed by atoms with Gasteiger partial charge in [0.15, 0.2) is 5.82 Å². The van der Waals surface area contributed by atoms with Crippen molar-refractivity contribution in [3.8, 4) is 17.1 Å². The summed E-state index contributed by atoms with van der Waals surface area (Å²) in [4.78, 5) is 21.9. The topological polar surface area (TPSA) is 74.3 Å². The van der Waals surface area contributed by atoms with Gasteiger partial charge >= 0.3 is 0 Å². The van der Waals surface area contributed by atoms with Gasteiger partial charge in [-0.15, -0.1) is 5.10 Å². The van der Waals surface area contributed by atoms with Gasteiger partial charge < -0.3 is 9.30 Å². The molecule has 3 heterocycles. The first-order valence-electron chi connectivity index (χ1n) is 9.17. The van der Waals surface area contributed by atoms with Gasteiger partial charge in [0.1, 0.15) is 5.75 Å². The molecule has 142 valence electrons. The average molecular weight is 383 g/mol. The summed E-state index contributed by atoms with van der Waals surface area (Å²) in [5.74, 6) is 1.78. The van der Waals surface area contributed by atoms with Crippen LogP contribution in [0.4, 0.5) is 0 Å². The monoisotopic (exact) mass is 383 g/mol. The smallest absolute Gasteiger partial charge is 0.261 e. The Balaban J connectivity index is 1.62. The fourth-order valence-corrected chi connectivity index (χ4v) is 3.41. The molecule has 0 bridgehead atoms. The predicted octanol–water partition coefficient (Wildman–Crippen LogP) is 3.16. The second-order valence-electron chi connectivity index (χ2n) is 6.63. The van der Waals surface area contributed by atoms with E-state index in [-0.39, 0.29) is 5.56 Å². The molecule has 0 aliphatic rings. The van der Waals surface area contributed by atoms with Crippen molar-refractivity contribution in [3.63, 3.8) is 0 Å². The Hall–Kier alpha value is -4.00. The summed E-state index contributed by atoms with van der Waals surface area (Å²) in [6, 6.07) is 19.2. The lowest BCUT2D eigenvalue weighted by Gasteiger charge is -2.11. The Labute approximate surface area is 165 Å². The van der Waals surface area contributed by atoms with Crippen molar-refractivity contribution < 1.29 is 4.74 Å². The minimum atomic E-state index is -0.139. The molecule has 0 atom stereocenters. The molecule has 0 radical (unpaired) electrons. The van der Waals surface area contributed by atoms with Gasteiger partial charge in [-0.25, -0.2) is 4.98 Å². The maximum atomic E-state index is 13.1. The highest BCUT2D eigenvalue weighted by atomic mass is 16.5. The van der Waals surface area contributed by atoms with Gasteiger partial charge in [-0.05, 0) is 12.1 Å². The van der Waals surface area contributed by atoms with E-state index in [0.717, 1.165) is 16.9 Å². The van der Waals surface area contributed by atoms with Crippen LogP contribution in [0.2, 0.25) is 0 Å². The van der Waals surface area contributed by atoms with Crippen molar-refractivity contribution in [3.05, 3.63) is 89.0 Å². The predicted molar refractivity (Wildman–Crippen MR) is 110 cm³/mol. The van der Waals surface area contributed by atoms with Gasteiger partial charge in [-0.2, -0.15) is 9.50 Å². The second-order valence-corrected chi connectivity index (χ2v) is 6.63. The Bertz CT molecular complexity index is 1390. The summed E-state index contributed by atoms with van der Waals surface area (Å²) in [7, 11) is 1.62. The summed E-state index contributed by atoms with van der Waals surface area (Å²) in [5.41, 5.74) is 2.36. The number of nitrogens with zero attached hydrogens (tertiary/aromatic N) is 5. The van der Waals surface area contributed by atoms with E-state index in [0.29, 0.717) is 29.0 Å². The van der Waals surface area contributed by atoms with Crippen LogP contribution >= 0.6 is 0 Å². The van der Waals surface area contributed by atoms with Crippen molar-refractivity contribution in [1.29, 1.82) is 0 Å². The lowest BCUT2D eigenvalue weighted by molar-refractivity contribution is 0.408. The van der Waals surface area contributed by atoms with Gasteiger partial charge in [0.05, 0.1) is 24.6 Å². The Morgan fingerprint density at radius 1 is 1.00 bits per heavy atom. The molecule has 3 aromatic heterocycles. The molecular formula is C22H17N5O2. The van der Waals surface area contributed by atoms with Crippen molar-refractivity contribution in [1.82, 2.24) is 24.1 Å². The molecule has 7 heteroatoms. The molecule has 2 aromatic carbocycles. The molecule has 0 spiro atoms. The number of aromatic nitrogens is 5. The molecule has 0 saturated heterocycles. The molecule has 0 aliphatic carbocycles. The molecule has 5 rings (SSSR count). The zero-order chi connectivity index (χ0) is 19.8. The van der Waals surface area contributed by atoms with Crippen molar-refractivity contribution in [2.24, 2.45) is 0 Å². The maximum absolute atomic E-state index is 13.1. The van der Waals surface area contributed by atoms with Crippen LogP contribution in [-0.4, -0.2) is 31.3 Å². The second kappa shape index (κ2) is 6.87. The quantitative estimate of drug-likeness (QED) is 0.477. The van der Waals surface area contributed by atoms with Crippen LogP contribution < -0.4 is 10.3 Å². The number of hydrogen-bond donors (Lipinski definition) is 0. The van der Waals surface area contributed by atoms with Crippen LogP contribution in [-0.2, 0) is 6.54 Å². The van der Waals surface area contributed by atoms with Gasteiger partial charge in [-0.1, -0.05) is 48.5 Å². The number of para-hydroxylation sites is 1. The number of ether oxygens (including phenoxy) is 1. The van der Waals surface area contributed by atoms with Crippen molar-refractivity contribution >= 4 is 16.7 Å². The number of hydrogen-bond acceptors (Lipinski definition) is 5. The summed E-state index contributed by atoms with van der Waals surface area (Å²) in [6.07, 6.45) is 3.33. The van der Waals surface area contributed by atoms with E-state index in [9.17, 15) is 4.79 Å². The molecule has 0 N–H and O–H groups in total. The van der Waals surface area contributed by atoms with Gasteiger partial charge in [0.25, 0.3) is 11.3 Å². The normalized spacial score (nSPS) is 11.2.